The van der Waals surface area contributed by atoms with E-state index in [9.17, 15) is 14.0 Å². The average molecular weight is 353 g/mol. The molecule has 2 amide bonds. The third kappa shape index (κ3) is 4.36. The molecule has 0 heterocycles. The van der Waals surface area contributed by atoms with Gasteiger partial charge in [0.05, 0.1) is 23.4 Å². The molecule has 0 unspecified atom stereocenters. The summed E-state index contributed by atoms with van der Waals surface area (Å²) in [6.07, 6.45) is 0. The van der Waals surface area contributed by atoms with Crippen molar-refractivity contribution in [2.45, 2.75) is 0 Å². The number of ether oxygens (including phenoxy) is 2. The van der Waals surface area contributed by atoms with Crippen LogP contribution in [0.3, 0.4) is 0 Å². The second-order valence-corrected chi connectivity index (χ2v) is 5.09. The molecule has 24 heavy (non-hydrogen) atoms. The van der Waals surface area contributed by atoms with Crippen molar-refractivity contribution < 1.29 is 23.5 Å². The molecular weight excluding hydrogens is 339 g/mol. The van der Waals surface area contributed by atoms with Crippen molar-refractivity contribution in [3.63, 3.8) is 0 Å². The maximum absolute atomic E-state index is 13.0. The second kappa shape index (κ2) is 7.65. The van der Waals surface area contributed by atoms with Gasteiger partial charge in [0.15, 0.2) is 6.61 Å². The van der Waals surface area contributed by atoms with Crippen LogP contribution in [-0.4, -0.2) is 25.5 Å². The van der Waals surface area contributed by atoms with Crippen LogP contribution < -0.4 is 20.5 Å². The predicted octanol–water partition coefficient (Wildman–Crippen LogP) is 2.60. The number of benzene rings is 2. The maximum Gasteiger partial charge on any atom is 0.262 e. The molecule has 6 nitrogen and oxygen atoms in total. The van der Waals surface area contributed by atoms with Crippen molar-refractivity contribution in [1.82, 2.24) is 0 Å². The van der Waals surface area contributed by atoms with E-state index in [4.69, 9.17) is 26.8 Å². The number of nitrogens with two attached hydrogens (primary N) is 1. The number of carbonyl (C=O) groups excluding carboxylic acids is 2. The largest absolute Gasteiger partial charge is 0.497 e. The van der Waals surface area contributed by atoms with Gasteiger partial charge < -0.3 is 20.5 Å². The van der Waals surface area contributed by atoms with Gasteiger partial charge in [0.2, 0.25) is 0 Å². The Balaban J connectivity index is 2.07. The highest BCUT2D eigenvalue weighted by atomic mass is 35.5. The highest BCUT2D eigenvalue weighted by molar-refractivity contribution is 6.33. The van der Waals surface area contributed by atoms with E-state index in [0.717, 1.165) is 12.1 Å². The lowest BCUT2D eigenvalue weighted by atomic mass is 10.2. The van der Waals surface area contributed by atoms with Crippen LogP contribution in [-0.2, 0) is 4.79 Å². The Labute approximate surface area is 142 Å². The van der Waals surface area contributed by atoms with Crippen LogP contribution in [0, 0.1) is 5.82 Å². The summed E-state index contributed by atoms with van der Waals surface area (Å²) in [6, 6.07) is 7.99. The van der Waals surface area contributed by atoms with E-state index in [-0.39, 0.29) is 22.0 Å². The highest BCUT2D eigenvalue weighted by Crippen LogP contribution is 2.25. The Morgan fingerprint density at radius 3 is 2.62 bits per heavy atom. The maximum atomic E-state index is 13.0. The van der Waals surface area contributed by atoms with Crippen LogP contribution in [0.2, 0.25) is 5.02 Å². The average Bonchev–Trinajstić information content (AvgIpc) is 2.55. The molecule has 126 valence electrons. The van der Waals surface area contributed by atoms with Gasteiger partial charge in [-0.05, 0) is 30.3 Å². The minimum atomic E-state index is -0.699. The Hall–Kier alpha value is -2.80. The first-order valence-electron chi connectivity index (χ1n) is 6.76. The number of halogens is 2. The number of anilines is 1. The van der Waals surface area contributed by atoms with Crippen LogP contribution in [0.5, 0.6) is 11.5 Å². The van der Waals surface area contributed by atoms with Crippen molar-refractivity contribution in [3.8, 4) is 11.5 Å². The lowest BCUT2D eigenvalue weighted by molar-refractivity contribution is -0.118. The first kappa shape index (κ1) is 17.6. The minimum Gasteiger partial charge on any atom is -0.497 e. The molecule has 8 heteroatoms. The van der Waals surface area contributed by atoms with Crippen LogP contribution >= 0.6 is 11.6 Å². The molecule has 0 saturated carbocycles. The Morgan fingerprint density at radius 2 is 2.00 bits per heavy atom. The van der Waals surface area contributed by atoms with Crippen LogP contribution in [0.1, 0.15) is 10.4 Å². The van der Waals surface area contributed by atoms with Gasteiger partial charge in [0.1, 0.15) is 17.3 Å². The number of hydrogen-bond donors (Lipinski definition) is 2. The first-order valence-corrected chi connectivity index (χ1v) is 7.14. The number of hydrogen-bond acceptors (Lipinski definition) is 4. The van der Waals surface area contributed by atoms with Crippen LogP contribution in [0.15, 0.2) is 36.4 Å². The molecule has 0 spiro atoms. The van der Waals surface area contributed by atoms with Gasteiger partial charge in [0, 0.05) is 6.07 Å². The first-order chi connectivity index (χ1) is 11.4. The molecule has 0 atom stereocenters. The normalized spacial score (nSPS) is 10.1. The molecule has 0 saturated heterocycles. The molecule has 0 aliphatic heterocycles. The number of methoxy groups -OCH3 is 1. The molecule has 0 aliphatic rings. The van der Waals surface area contributed by atoms with E-state index in [0.29, 0.717) is 5.75 Å². The molecule has 2 aromatic rings. The third-order valence-electron chi connectivity index (χ3n) is 3.02. The number of primary amides is 1. The summed E-state index contributed by atoms with van der Waals surface area (Å²) in [5, 5.41) is 2.53. The van der Waals surface area contributed by atoms with Crippen molar-refractivity contribution in [3.05, 3.63) is 52.8 Å². The lowest BCUT2D eigenvalue weighted by Crippen LogP contribution is -2.22. The lowest BCUT2D eigenvalue weighted by Gasteiger charge is -2.12. The van der Waals surface area contributed by atoms with Crippen molar-refractivity contribution >= 4 is 29.1 Å². The van der Waals surface area contributed by atoms with E-state index in [1.54, 1.807) is 6.07 Å². The number of amides is 2. The van der Waals surface area contributed by atoms with Crippen LogP contribution in [0.4, 0.5) is 10.1 Å². The SMILES string of the molecule is COc1ccc(C(N)=O)c(OCC(=O)Nc2ccc(F)cc2Cl)c1. The summed E-state index contributed by atoms with van der Waals surface area (Å²) >= 11 is 5.82. The van der Waals surface area contributed by atoms with Gasteiger partial charge in [-0.3, -0.25) is 9.59 Å². The van der Waals surface area contributed by atoms with Crippen molar-refractivity contribution in [2.24, 2.45) is 5.73 Å². The highest BCUT2D eigenvalue weighted by Gasteiger charge is 2.13. The van der Waals surface area contributed by atoms with Gasteiger partial charge in [0.25, 0.3) is 11.8 Å². The predicted molar refractivity (Wildman–Crippen MR) is 87.0 cm³/mol. The molecule has 0 aromatic heterocycles. The Bertz CT molecular complexity index is 783. The Morgan fingerprint density at radius 1 is 1.25 bits per heavy atom. The van der Waals surface area contributed by atoms with Gasteiger partial charge in [-0.2, -0.15) is 0 Å². The molecular formula is C16H14ClFN2O4. The Kier molecular flexibility index (Phi) is 5.59. The monoisotopic (exact) mass is 352 g/mol. The fourth-order valence-electron chi connectivity index (χ4n) is 1.87. The van der Waals surface area contributed by atoms with Gasteiger partial charge in [-0.1, -0.05) is 11.6 Å². The summed E-state index contributed by atoms with van der Waals surface area (Å²) in [5.74, 6) is -1.20. The van der Waals surface area contributed by atoms with E-state index >= 15 is 0 Å². The standard InChI is InChI=1S/C16H14ClFN2O4/c1-23-10-3-4-11(16(19)22)14(7-10)24-8-15(21)20-13-5-2-9(18)6-12(13)17/h2-7H,8H2,1H3,(H2,19,22)(H,20,21). The molecule has 0 aliphatic carbocycles. The fourth-order valence-corrected chi connectivity index (χ4v) is 2.09. The zero-order chi connectivity index (χ0) is 17.7. The fraction of sp³-hybridized carbons (Fsp3) is 0.125. The molecule has 3 N–H and O–H groups in total. The topological polar surface area (TPSA) is 90.7 Å². The quantitative estimate of drug-likeness (QED) is 0.836. The molecule has 2 aromatic carbocycles. The number of rotatable bonds is 6. The summed E-state index contributed by atoms with van der Waals surface area (Å²) in [4.78, 5) is 23.3. The summed E-state index contributed by atoms with van der Waals surface area (Å²) in [6.45, 7) is -0.402. The smallest absolute Gasteiger partial charge is 0.262 e. The van der Waals surface area contributed by atoms with E-state index in [2.05, 4.69) is 5.32 Å². The zero-order valence-corrected chi connectivity index (χ0v) is 13.4. The molecule has 0 radical (unpaired) electrons. The van der Waals surface area contributed by atoms with Crippen molar-refractivity contribution in [1.29, 1.82) is 0 Å². The van der Waals surface area contributed by atoms with E-state index in [1.807, 2.05) is 0 Å². The third-order valence-corrected chi connectivity index (χ3v) is 3.33. The van der Waals surface area contributed by atoms with Crippen molar-refractivity contribution in [2.75, 3.05) is 19.0 Å². The van der Waals surface area contributed by atoms with Gasteiger partial charge in [-0.25, -0.2) is 4.39 Å². The number of carbonyl (C=O) groups is 2. The van der Waals surface area contributed by atoms with Gasteiger partial charge in [-0.15, -0.1) is 0 Å². The summed E-state index contributed by atoms with van der Waals surface area (Å²) < 4.78 is 23.3. The minimum absolute atomic E-state index is 0.0579. The second-order valence-electron chi connectivity index (χ2n) is 4.69. The summed E-state index contributed by atoms with van der Waals surface area (Å²) in [7, 11) is 1.45. The summed E-state index contributed by atoms with van der Waals surface area (Å²) in [5.41, 5.74) is 5.61. The molecule has 0 bridgehead atoms. The van der Waals surface area contributed by atoms with E-state index in [1.165, 1.54) is 25.3 Å². The van der Waals surface area contributed by atoms with Gasteiger partial charge >= 0.3 is 0 Å². The molecule has 0 fully saturated rings. The van der Waals surface area contributed by atoms with Crippen LogP contribution in [0.25, 0.3) is 0 Å². The zero-order valence-electron chi connectivity index (χ0n) is 12.6. The number of nitrogens with one attached hydrogen (secondary N) is 1. The van der Waals surface area contributed by atoms with E-state index < -0.39 is 24.2 Å². The molecule has 2 rings (SSSR count).